The number of aryl methyl sites for hydroxylation is 1. The first-order valence-electron chi connectivity index (χ1n) is 3.60. The molecule has 1 heterocycles. The van der Waals surface area contributed by atoms with E-state index in [4.69, 9.17) is 4.74 Å². The van der Waals surface area contributed by atoms with Gasteiger partial charge in [-0.25, -0.2) is 4.79 Å². The van der Waals surface area contributed by atoms with Gasteiger partial charge in [0.05, 0.1) is 11.9 Å². The monoisotopic (exact) mass is 241 g/mol. The van der Waals surface area contributed by atoms with Crippen LogP contribution < -0.4 is 4.74 Å². The smallest absolute Gasteiger partial charge is 0.335 e. The summed E-state index contributed by atoms with van der Waals surface area (Å²) in [5.74, 6) is -0.0834. The molecule has 1 rings (SSSR count). The van der Waals surface area contributed by atoms with E-state index in [9.17, 15) is 4.79 Å². The summed E-state index contributed by atoms with van der Waals surface area (Å²) < 4.78 is 5.66. The lowest BCUT2D eigenvalue weighted by atomic mass is 10.4. The van der Waals surface area contributed by atoms with Crippen LogP contribution in [0, 0.1) is 6.92 Å². The largest absolute Gasteiger partial charge is 0.422 e. The van der Waals surface area contributed by atoms with Crippen LogP contribution in [0.2, 0.25) is 0 Å². The third-order valence-corrected chi connectivity index (χ3v) is 2.19. The van der Waals surface area contributed by atoms with Crippen LogP contribution in [0.15, 0.2) is 29.4 Å². The first-order chi connectivity index (χ1) is 6.13. The van der Waals surface area contributed by atoms with Gasteiger partial charge in [0.25, 0.3) is 0 Å². The molecule has 0 aliphatic rings. The Kier molecular flexibility index (Phi) is 3.19. The van der Waals surface area contributed by atoms with Crippen molar-refractivity contribution in [3.05, 3.63) is 35.1 Å². The van der Waals surface area contributed by atoms with Gasteiger partial charge < -0.3 is 4.74 Å². The Bertz CT molecular complexity index is 349. The van der Waals surface area contributed by atoms with Crippen LogP contribution in [0.1, 0.15) is 5.69 Å². The highest BCUT2D eigenvalue weighted by atomic mass is 79.9. The number of ether oxygens (including phenoxy) is 1. The molecule has 0 amide bonds. The minimum Gasteiger partial charge on any atom is -0.422 e. The van der Waals surface area contributed by atoms with E-state index in [-0.39, 0.29) is 0 Å². The lowest BCUT2D eigenvalue weighted by Crippen LogP contribution is -2.03. The molecule has 1 aromatic heterocycles. The quantitative estimate of drug-likeness (QED) is 0.589. The average Bonchev–Trinajstić information content (AvgIpc) is 2.11. The molecule has 0 radical (unpaired) electrons. The molecular weight excluding hydrogens is 234 g/mol. The summed E-state index contributed by atoms with van der Waals surface area (Å²) in [6, 6.07) is 1.68. The number of carbonyl (C=O) groups excluding carboxylic acids is 1. The van der Waals surface area contributed by atoms with Gasteiger partial charge in [-0.05, 0) is 28.9 Å². The van der Waals surface area contributed by atoms with Crippen LogP contribution in [0.3, 0.4) is 0 Å². The highest BCUT2D eigenvalue weighted by Crippen LogP contribution is 2.19. The van der Waals surface area contributed by atoms with E-state index in [1.807, 2.05) is 6.92 Å². The molecule has 0 aromatic carbocycles. The Balaban J connectivity index is 2.85. The number of hydrogen-bond acceptors (Lipinski definition) is 3. The molecule has 0 aliphatic heterocycles. The third-order valence-electron chi connectivity index (χ3n) is 1.39. The van der Waals surface area contributed by atoms with Crippen molar-refractivity contribution >= 4 is 21.9 Å². The van der Waals surface area contributed by atoms with Crippen LogP contribution >= 0.6 is 15.9 Å². The van der Waals surface area contributed by atoms with Gasteiger partial charge >= 0.3 is 5.97 Å². The number of nitrogens with zero attached hydrogens (tertiary/aromatic N) is 1. The molecule has 3 nitrogen and oxygen atoms in total. The number of pyridine rings is 1. The molecule has 0 aliphatic carbocycles. The second-order valence-corrected chi connectivity index (χ2v) is 3.22. The van der Waals surface area contributed by atoms with E-state index in [2.05, 4.69) is 27.5 Å². The summed E-state index contributed by atoms with van der Waals surface area (Å²) in [6.07, 6.45) is 2.59. The third kappa shape index (κ3) is 2.66. The minimum absolute atomic E-state index is 0.405. The maximum Gasteiger partial charge on any atom is 0.335 e. The molecule has 68 valence electrons. The second-order valence-electron chi connectivity index (χ2n) is 2.36. The Morgan fingerprint density at radius 2 is 2.46 bits per heavy atom. The maximum absolute atomic E-state index is 10.8. The second kappa shape index (κ2) is 4.18. The molecule has 0 spiro atoms. The topological polar surface area (TPSA) is 39.2 Å². The van der Waals surface area contributed by atoms with Gasteiger partial charge in [-0.3, -0.25) is 4.98 Å². The summed E-state index contributed by atoms with van der Waals surface area (Å²) in [6.45, 7) is 5.14. The predicted molar refractivity (Wildman–Crippen MR) is 52.5 cm³/mol. The summed E-state index contributed by atoms with van der Waals surface area (Å²) in [4.78, 5) is 14.8. The highest BCUT2D eigenvalue weighted by molar-refractivity contribution is 9.10. The number of aromatic nitrogens is 1. The van der Waals surface area contributed by atoms with Gasteiger partial charge in [0.1, 0.15) is 0 Å². The molecule has 0 atom stereocenters. The molecule has 0 unspecified atom stereocenters. The SMILES string of the molecule is C=CC(=O)Oc1cnc(C)c(Br)c1. The Morgan fingerprint density at radius 1 is 1.77 bits per heavy atom. The van der Waals surface area contributed by atoms with Gasteiger partial charge in [0.15, 0.2) is 5.75 Å². The summed E-state index contributed by atoms with van der Waals surface area (Å²) >= 11 is 3.28. The average molecular weight is 242 g/mol. The fraction of sp³-hybridized carbons (Fsp3) is 0.111. The highest BCUT2D eigenvalue weighted by Gasteiger charge is 2.02. The standard InChI is InChI=1S/C9H8BrNO2/c1-3-9(12)13-7-4-8(10)6(2)11-5-7/h3-5H,1H2,2H3. The van der Waals surface area contributed by atoms with E-state index in [0.717, 1.165) is 16.2 Å². The van der Waals surface area contributed by atoms with Gasteiger partial charge in [0, 0.05) is 10.5 Å². The number of carbonyl (C=O) groups is 1. The van der Waals surface area contributed by atoms with Crippen molar-refractivity contribution < 1.29 is 9.53 Å². The van der Waals surface area contributed by atoms with Gasteiger partial charge in [-0.15, -0.1) is 0 Å². The molecule has 1 aromatic rings. The van der Waals surface area contributed by atoms with Crippen molar-refractivity contribution in [1.29, 1.82) is 0 Å². The van der Waals surface area contributed by atoms with E-state index in [1.165, 1.54) is 6.20 Å². The van der Waals surface area contributed by atoms with E-state index in [1.54, 1.807) is 6.07 Å². The first kappa shape index (κ1) is 9.92. The van der Waals surface area contributed by atoms with Crippen molar-refractivity contribution in [1.82, 2.24) is 4.98 Å². The Hall–Kier alpha value is -1.16. The van der Waals surface area contributed by atoms with Gasteiger partial charge in [-0.2, -0.15) is 0 Å². The van der Waals surface area contributed by atoms with Crippen LogP contribution in [0.25, 0.3) is 0 Å². The van der Waals surface area contributed by atoms with Crippen LogP contribution in [-0.4, -0.2) is 11.0 Å². The number of rotatable bonds is 2. The van der Waals surface area contributed by atoms with Crippen LogP contribution in [0.5, 0.6) is 5.75 Å². The number of hydrogen-bond donors (Lipinski definition) is 0. The zero-order chi connectivity index (χ0) is 9.84. The Morgan fingerprint density at radius 3 is 3.00 bits per heavy atom. The van der Waals surface area contributed by atoms with Gasteiger partial charge in [-0.1, -0.05) is 6.58 Å². The van der Waals surface area contributed by atoms with Gasteiger partial charge in [0.2, 0.25) is 0 Å². The van der Waals surface area contributed by atoms with E-state index in [0.29, 0.717) is 5.75 Å². The molecule has 0 N–H and O–H groups in total. The van der Waals surface area contributed by atoms with Crippen LogP contribution in [-0.2, 0) is 4.79 Å². The normalized spacial score (nSPS) is 9.38. The minimum atomic E-state index is -0.488. The molecule has 0 bridgehead atoms. The zero-order valence-electron chi connectivity index (χ0n) is 7.08. The fourth-order valence-electron chi connectivity index (χ4n) is 0.702. The molecule has 0 fully saturated rings. The summed E-state index contributed by atoms with van der Waals surface area (Å²) in [7, 11) is 0. The molecular formula is C9H8BrNO2. The van der Waals surface area contributed by atoms with Crippen molar-refractivity contribution in [2.75, 3.05) is 0 Å². The predicted octanol–water partition coefficient (Wildman–Crippen LogP) is 2.24. The number of esters is 1. The summed E-state index contributed by atoms with van der Waals surface area (Å²) in [5.41, 5.74) is 0.846. The summed E-state index contributed by atoms with van der Waals surface area (Å²) in [5, 5.41) is 0. The fourth-order valence-corrected chi connectivity index (χ4v) is 1.03. The lowest BCUT2D eigenvalue weighted by Gasteiger charge is -2.02. The maximum atomic E-state index is 10.8. The van der Waals surface area contributed by atoms with Crippen LogP contribution in [0.4, 0.5) is 0 Å². The lowest BCUT2D eigenvalue weighted by molar-refractivity contribution is -0.128. The zero-order valence-corrected chi connectivity index (χ0v) is 8.67. The first-order valence-corrected chi connectivity index (χ1v) is 4.39. The van der Waals surface area contributed by atoms with Crippen molar-refractivity contribution in [2.45, 2.75) is 6.92 Å². The van der Waals surface area contributed by atoms with E-state index < -0.39 is 5.97 Å². The molecule has 4 heteroatoms. The molecule has 0 saturated heterocycles. The van der Waals surface area contributed by atoms with Crippen molar-refractivity contribution in [3.63, 3.8) is 0 Å². The molecule has 0 saturated carbocycles. The number of halogens is 1. The Labute approximate surface area is 84.6 Å². The van der Waals surface area contributed by atoms with Crippen molar-refractivity contribution in [2.24, 2.45) is 0 Å². The van der Waals surface area contributed by atoms with E-state index >= 15 is 0 Å². The molecule has 13 heavy (non-hydrogen) atoms. The van der Waals surface area contributed by atoms with Crippen molar-refractivity contribution in [3.8, 4) is 5.75 Å².